The first kappa shape index (κ1) is 21.3. The van der Waals surface area contributed by atoms with E-state index in [1.54, 1.807) is 16.4 Å². The van der Waals surface area contributed by atoms with Gasteiger partial charge in [-0.1, -0.05) is 25.3 Å². The Hall–Kier alpha value is -1.40. The van der Waals surface area contributed by atoms with E-state index in [0.29, 0.717) is 36.9 Å². The number of nitrogens with zero attached hydrogens (tertiary/aromatic N) is 2. The van der Waals surface area contributed by atoms with Crippen molar-refractivity contribution in [3.8, 4) is 0 Å². The number of hydrogen-bond acceptors (Lipinski definition) is 3. The second kappa shape index (κ2) is 8.95. The summed E-state index contributed by atoms with van der Waals surface area (Å²) in [4.78, 5) is 15.5. The van der Waals surface area contributed by atoms with Gasteiger partial charge >= 0.3 is 0 Å². The van der Waals surface area contributed by atoms with Gasteiger partial charge in [0.25, 0.3) is 0 Å². The zero-order valence-electron chi connectivity index (χ0n) is 17.5. The molecule has 1 aromatic rings. The average molecular weight is 407 g/mol. The molecule has 0 atom stereocenters. The minimum absolute atomic E-state index is 0.0481. The van der Waals surface area contributed by atoms with E-state index in [-0.39, 0.29) is 11.8 Å². The second-order valence-corrected chi connectivity index (χ2v) is 10.3. The number of amides is 1. The van der Waals surface area contributed by atoms with Crippen LogP contribution in [0.3, 0.4) is 0 Å². The van der Waals surface area contributed by atoms with Crippen LogP contribution in [0.25, 0.3) is 0 Å². The molecule has 1 aliphatic carbocycles. The molecule has 1 saturated carbocycles. The molecule has 0 unspecified atom stereocenters. The number of piperidine rings is 1. The Bertz CT molecular complexity index is 792. The van der Waals surface area contributed by atoms with Gasteiger partial charge in [-0.15, -0.1) is 0 Å². The van der Waals surface area contributed by atoms with Crippen molar-refractivity contribution in [2.75, 3.05) is 19.6 Å². The number of aryl methyl sites for hydroxylation is 2. The summed E-state index contributed by atoms with van der Waals surface area (Å²) < 4.78 is 27.5. The first-order chi connectivity index (χ1) is 13.3. The molecule has 2 aliphatic rings. The van der Waals surface area contributed by atoms with Crippen molar-refractivity contribution >= 4 is 15.9 Å². The third-order valence-corrected chi connectivity index (χ3v) is 8.45. The molecule has 1 heterocycles. The van der Waals surface area contributed by atoms with Gasteiger partial charge in [-0.05, 0) is 69.7 Å². The summed E-state index contributed by atoms with van der Waals surface area (Å²) in [5.41, 5.74) is 2.07. The number of carbonyl (C=O) groups excluding carboxylic acids is 1. The Morgan fingerprint density at radius 1 is 1.04 bits per heavy atom. The maximum Gasteiger partial charge on any atom is 0.243 e. The van der Waals surface area contributed by atoms with E-state index in [1.807, 2.05) is 19.9 Å². The Balaban J connectivity index is 1.64. The zero-order chi connectivity index (χ0) is 20.3. The maximum absolute atomic E-state index is 13.1. The van der Waals surface area contributed by atoms with E-state index in [2.05, 4.69) is 11.8 Å². The molecule has 2 fully saturated rings. The lowest BCUT2D eigenvalue weighted by molar-refractivity contribution is -0.139. The van der Waals surface area contributed by atoms with Crippen LogP contribution >= 0.6 is 0 Å². The van der Waals surface area contributed by atoms with Crippen LogP contribution < -0.4 is 0 Å². The van der Waals surface area contributed by atoms with Crippen LogP contribution in [0.2, 0.25) is 0 Å². The normalized spacial score (nSPS) is 20.2. The number of benzene rings is 1. The lowest BCUT2D eigenvalue weighted by Crippen LogP contribution is -2.48. The predicted molar refractivity (Wildman–Crippen MR) is 112 cm³/mol. The molecule has 1 aliphatic heterocycles. The van der Waals surface area contributed by atoms with Crippen LogP contribution in [0.1, 0.15) is 63.0 Å². The highest BCUT2D eigenvalue weighted by Crippen LogP contribution is 2.29. The maximum atomic E-state index is 13.1. The van der Waals surface area contributed by atoms with Crippen molar-refractivity contribution in [3.05, 3.63) is 29.3 Å². The fourth-order valence-corrected chi connectivity index (χ4v) is 6.14. The first-order valence-corrected chi connectivity index (χ1v) is 12.2. The van der Waals surface area contributed by atoms with Crippen LogP contribution in [0, 0.1) is 19.8 Å². The van der Waals surface area contributed by atoms with Crippen LogP contribution in [0.4, 0.5) is 0 Å². The Kier molecular flexibility index (Phi) is 6.81. The van der Waals surface area contributed by atoms with Gasteiger partial charge in [-0.2, -0.15) is 4.31 Å². The number of rotatable bonds is 5. The largest absolute Gasteiger partial charge is 0.340 e. The van der Waals surface area contributed by atoms with Gasteiger partial charge in [-0.25, -0.2) is 8.42 Å². The third kappa shape index (κ3) is 4.43. The highest BCUT2D eigenvalue weighted by atomic mass is 32.2. The molecule has 0 radical (unpaired) electrons. The van der Waals surface area contributed by atoms with E-state index in [9.17, 15) is 13.2 Å². The highest BCUT2D eigenvalue weighted by molar-refractivity contribution is 7.89. The Morgan fingerprint density at radius 3 is 2.25 bits per heavy atom. The molecule has 0 N–H and O–H groups in total. The summed E-state index contributed by atoms with van der Waals surface area (Å²) >= 11 is 0. The highest BCUT2D eigenvalue weighted by Gasteiger charge is 2.35. The molecule has 0 bridgehead atoms. The number of sulfonamides is 1. The summed E-state index contributed by atoms with van der Waals surface area (Å²) in [7, 11) is -3.49. The van der Waals surface area contributed by atoms with Crippen molar-refractivity contribution in [3.63, 3.8) is 0 Å². The van der Waals surface area contributed by atoms with Gasteiger partial charge in [0.05, 0.1) is 4.90 Å². The van der Waals surface area contributed by atoms with Gasteiger partial charge in [0, 0.05) is 31.6 Å². The van der Waals surface area contributed by atoms with Crippen LogP contribution in [-0.4, -0.2) is 49.2 Å². The smallest absolute Gasteiger partial charge is 0.243 e. The summed E-state index contributed by atoms with van der Waals surface area (Å²) in [6, 6.07) is 5.69. The third-order valence-electron chi connectivity index (χ3n) is 6.56. The lowest BCUT2D eigenvalue weighted by Gasteiger charge is -2.38. The quantitative estimate of drug-likeness (QED) is 0.745. The summed E-state index contributed by atoms with van der Waals surface area (Å²) in [5.74, 6) is 0.186. The average Bonchev–Trinajstić information content (AvgIpc) is 2.71. The molecule has 0 spiro atoms. The molecule has 28 heavy (non-hydrogen) atoms. The van der Waals surface area contributed by atoms with E-state index in [0.717, 1.165) is 30.5 Å². The molecule has 1 aromatic carbocycles. The van der Waals surface area contributed by atoms with Crippen molar-refractivity contribution in [1.82, 2.24) is 9.21 Å². The monoisotopic (exact) mass is 406 g/mol. The molecule has 6 heteroatoms. The lowest BCUT2D eigenvalue weighted by atomic mass is 9.91. The van der Waals surface area contributed by atoms with E-state index >= 15 is 0 Å². The number of carbonyl (C=O) groups is 1. The van der Waals surface area contributed by atoms with E-state index in [1.165, 1.54) is 19.3 Å². The second-order valence-electron chi connectivity index (χ2n) is 8.34. The summed E-state index contributed by atoms with van der Waals surface area (Å²) in [5, 5.41) is 0. The Labute approximate surface area is 170 Å². The molecule has 3 rings (SSSR count). The molecule has 1 amide bonds. The van der Waals surface area contributed by atoms with Crippen LogP contribution in [0.15, 0.2) is 23.1 Å². The van der Waals surface area contributed by atoms with Crippen molar-refractivity contribution in [1.29, 1.82) is 0 Å². The molecular formula is C22H34N2O3S. The molecule has 156 valence electrons. The SMILES string of the molecule is CCN(C(=O)C1CCN(S(=O)(=O)c2ccc(C)c(C)c2)CC1)C1CCCCC1. The predicted octanol–water partition coefficient (Wildman–Crippen LogP) is 3.89. The fraction of sp³-hybridized carbons (Fsp3) is 0.682. The summed E-state index contributed by atoms with van der Waals surface area (Å²) in [6.07, 6.45) is 7.15. The molecule has 1 saturated heterocycles. The van der Waals surface area contributed by atoms with E-state index in [4.69, 9.17) is 0 Å². The molecule has 5 nitrogen and oxygen atoms in total. The zero-order valence-corrected chi connectivity index (χ0v) is 18.3. The van der Waals surface area contributed by atoms with Crippen LogP contribution in [0.5, 0.6) is 0 Å². The summed E-state index contributed by atoms with van der Waals surface area (Å²) in [6.45, 7) is 7.58. The van der Waals surface area contributed by atoms with E-state index < -0.39 is 10.0 Å². The van der Waals surface area contributed by atoms with Gasteiger partial charge in [0.1, 0.15) is 0 Å². The topological polar surface area (TPSA) is 57.7 Å². The van der Waals surface area contributed by atoms with Crippen molar-refractivity contribution in [2.24, 2.45) is 5.92 Å². The Morgan fingerprint density at radius 2 is 1.68 bits per heavy atom. The fourth-order valence-electron chi connectivity index (χ4n) is 4.59. The molecular weight excluding hydrogens is 372 g/mol. The first-order valence-electron chi connectivity index (χ1n) is 10.7. The minimum atomic E-state index is -3.49. The van der Waals surface area contributed by atoms with Crippen molar-refractivity contribution < 1.29 is 13.2 Å². The molecule has 0 aromatic heterocycles. The van der Waals surface area contributed by atoms with Gasteiger partial charge < -0.3 is 4.90 Å². The van der Waals surface area contributed by atoms with Crippen LogP contribution in [-0.2, 0) is 14.8 Å². The standard InChI is InChI=1S/C22H34N2O3S/c1-4-24(20-8-6-5-7-9-20)22(25)19-12-14-23(15-13-19)28(26,27)21-11-10-17(2)18(3)16-21/h10-11,16,19-20H,4-9,12-15H2,1-3H3. The number of hydrogen-bond donors (Lipinski definition) is 0. The van der Waals surface area contributed by atoms with Crippen molar-refractivity contribution in [2.45, 2.75) is 76.7 Å². The van der Waals surface area contributed by atoms with Gasteiger partial charge in [0.2, 0.25) is 15.9 Å². The minimum Gasteiger partial charge on any atom is -0.340 e. The van der Waals surface area contributed by atoms with Gasteiger partial charge in [0.15, 0.2) is 0 Å². The van der Waals surface area contributed by atoms with Gasteiger partial charge in [-0.3, -0.25) is 4.79 Å².